The van der Waals surface area contributed by atoms with E-state index in [2.05, 4.69) is 48.3 Å². The van der Waals surface area contributed by atoms with E-state index in [-0.39, 0.29) is 0 Å². The highest BCUT2D eigenvalue weighted by Gasteiger charge is 2.27. The van der Waals surface area contributed by atoms with Crippen molar-refractivity contribution in [2.75, 3.05) is 11.4 Å². The van der Waals surface area contributed by atoms with Crippen molar-refractivity contribution in [3.8, 4) is 0 Å². The highest BCUT2D eigenvalue weighted by molar-refractivity contribution is 7.80. The second kappa shape index (κ2) is 4.83. The Balaban J connectivity index is 2.18. The van der Waals surface area contributed by atoms with E-state index < -0.39 is 0 Å². The standard InChI is InChI=1S/C13H18N2S/c1-3-8-14-13(16)15-10(2)9-11-6-4-5-7-12(11)15/h4-7,10H,3,8-9H2,1-2H3,(H,14,16). The summed E-state index contributed by atoms with van der Waals surface area (Å²) in [6, 6.07) is 8.98. The van der Waals surface area contributed by atoms with Crippen molar-refractivity contribution in [1.29, 1.82) is 0 Å². The highest BCUT2D eigenvalue weighted by Crippen LogP contribution is 2.31. The summed E-state index contributed by atoms with van der Waals surface area (Å²) >= 11 is 5.45. The molecule has 86 valence electrons. The number of rotatable bonds is 2. The minimum Gasteiger partial charge on any atom is -0.362 e. The van der Waals surface area contributed by atoms with Crippen LogP contribution >= 0.6 is 12.2 Å². The lowest BCUT2D eigenvalue weighted by Gasteiger charge is -2.25. The predicted molar refractivity (Wildman–Crippen MR) is 73.0 cm³/mol. The van der Waals surface area contributed by atoms with Gasteiger partial charge in [0.1, 0.15) is 0 Å². The quantitative estimate of drug-likeness (QED) is 0.792. The molecule has 1 aromatic carbocycles. The average Bonchev–Trinajstić information content (AvgIpc) is 2.62. The second-order valence-electron chi connectivity index (χ2n) is 4.28. The van der Waals surface area contributed by atoms with Crippen LogP contribution in [0.15, 0.2) is 24.3 Å². The van der Waals surface area contributed by atoms with Gasteiger partial charge < -0.3 is 10.2 Å². The number of para-hydroxylation sites is 1. The van der Waals surface area contributed by atoms with E-state index >= 15 is 0 Å². The van der Waals surface area contributed by atoms with Gasteiger partial charge in [0.15, 0.2) is 5.11 Å². The molecule has 0 bridgehead atoms. The fourth-order valence-electron chi connectivity index (χ4n) is 2.19. The van der Waals surface area contributed by atoms with E-state index in [4.69, 9.17) is 12.2 Å². The SMILES string of the molecule is CCCNC(=S)N1c2ccccc2CC1C. The van der Waals surface area contributed by atoms with Crippen molar-refractivity contribution < 1.29 is 0 Å². The number of thiocarbonyl (C=S) groups is 1. The second-order valence-corrected chi connectivity index (χ2v) is 4.67. The van der Waals surface area contributed by atoms with Gasteiger partial charge >= 0.3 is 0 Å². The smallest absolute Gasteiger partial charge is 0.173 e. The van der Waals surface area contributed by atoms with Crippen LogP contribution in [0.3, 0.4) is 0 Å². The van der Waals surface area contributed by atoms with Crippen molar-refractivity contribution in [2.24, 2.45) is 0 Å². The van der Waals surface area contributed by atoms with Crippen LogP contribution in [-0.2, 0) is 6.42 Å². The third-order valence-corrected chi connectivity index (χ3v) is 3.29. The largest absolute Gasteiger partial charge is 0.362 e. The number of nitrogens with zero attached hydrogens (tertiary/aromatic N) is 1. The zero-order valence-electron chi connectivity index (χ0n) is 9.86. The van der Waals surface area contributed by atoms with Gasteiger partial charge in [0.2, 0.25) is 0 Å². The molecule has 0 radical (unpaired) electrons. The van der Waals surface area contributed by atoms with Crippen molar-refractivity contribution in [2.45, 2.75) is 32.7 Å². The van der Waals surface area contributed by atoms with E-state index in [0.29, 0.717) is 6.04 Å². The molecular formula is C13H18N2S. The molecule has 2 rings (SSSR count). The van der Waals surface area contributed by atoms with E-state index in [9.17, 15) is 0 Å². The summed E-state index contributed by atoms with van der Waals surface area (Å²) in [6.07, 6.45) is 2.19. The molecular weight excluding hydrogens is 216 g/mol. The van der Waals surface area contributed by atoms with E-state index in [1.807, 2.05) is 0 Å². The zero-order chi connectivity index (χ0) is 11.5. The highest BCUT2D eigenvalue weighted by atomic mass is 32.1. The minimum atomic E-state index is 0.467. The van der Waals surface area contributed by atoms with E-state index in [1.54, 1.807) is 0 Å². The molecule has 0 spiro atoms. The van der Waals surface area contributed by atoms with Gasteiger partial charge in [-0.05, 0) is 43.6 Å². The van der Waals surface area contributed by atoms with Crippen LogP contribution in [0.2, 0.25) is 0 Å². The van der Waals surface area contributed by atoms with Crippen LogP contribution in [-0.4, -0.2) is 17.7 Å². The summed E-state index contributed by atoms with van der Waals surface area (Å²) in [4.78, 5) is 2.24. The molecule has 1 heterocycles. The van der Waals surface area contributed by atoms with Gasteiger partial charge in [-0.2, -0.15) is 0 Å². The number of nitrogens with one attached hydrogen (secondary N) is 1. The molecule has 16 heavy (non-hydrogen) atoms. The first-order valence-corrected chi connectivity index (χ1v) is 6.29. The van der Waals surface area contributed by atoms with Crippen LogP contribution in [0.25, 0.3) is 0 Å². The predicted octanol–water partition coefficient (Wildman–Crippen LogP) is 2.72. The Morgan fingerprint density at radius 1 is 1.50 bits per heavy atom. The maximum absolute atomic E-state index is 5.45. The first-order chi connectivity index (χ1) is 7.74. The van der Waals surface area contributed by atoms with Gasteiger partial charge in [0.05, 0.1) is 0 Å². The van der Waals surface area contributed by atoms with Gasteiger partial charge in [0, 0.05) is 18.3 Å². The summed E-state index contributed by atoms with van der Waals surface area (Å²) in [7, 11) is 0. The van der Waals surface area contributed by atoms with Crippen molar-refractivity contribution in [3.63, 3.8) is 0 Å². The Kier molecular flexibility index (Phi) is 3.44. The fourth-order valence-corrected chi connectivity index (χ4v) is 2.57. The minimum absolute atomic E-state index is 0.467. The molecule has 0 aliphatic carbocycles. The molecule has 3 heteroatoms. The Bertz CT molecular complexity index is 389. The third kappa shape index (κ3) is 2.05. The molecule has 1 aromatic rings. The van der Waals surface area contributed by atoms with Crippen LogP contribution in [0.5, 0.6) is 0 Å². The van der Waals surface area contributed by atoms with Gasteiger partial charge in [0.25, 0.3) is 0 Å². The number of anilines is 1. The summed E-state index contributed by atoms with van der Waals surface area (Å²) in [6.45, 7) is 5.32. The summed E-state index contributed by atoms with van der Waals surface area (Å²) in [5, 5.41) is 4.16. The molecule has 0 amide bonds. The molecule has 1 N–H and O–H groups in total. The normalized spacial score (nSPS) is 18.4. The van der Waals surface area contributed by atoms with Crippen molar-refractivity contribution >= 4 is 23.0 Å². The first-order valence-electron chi connectivity index (χ1n) is 5.89. The molecule has 2 nitrogen and oxygen atoms in total. The van der Waals surface area contributed by atoms with Gasteiger partial charge in [-0.3, -0.25) is 0 Å². The lowest BCUT2D eigenvalue weighted by atomic mass is 10.1. The van der Waals surface area contributed by atoms with Gasteiger partial charge in [-0.25, -0.2) is 0 Å². The molecule has 1 unspecified atom stereocenters. The maximum atomic E-state index is 5.45. The molecule has 0 fully saturated rings. The topological polar surface area (TPSA) is 15.3 Å². The zero-order valence-corrected chi connectivity index (χ0v) is 10.7. The summed E-state index contributed by atoms with van der Waals surface area (Å²) in [5.74, 6) is 0. The lowest BCUT2D eigenvalue weighted by Crippen LogP contribution is -2.43. The van der Waals surface area contributed by atoms with Crippen LogP contribution in [0.1, 0.15) is 25.8 Å². The fraction of sp³-hybridized carbons (Fsp3) is 0.462. The molecule has 1 atom stereocenters. The molecule has 0 aromatic heterocycles. The monoisotopic (exact) mass is 234 g/mol. The van der Waals surface area contributed by atoms with Gasteiger partial charge in [-0.15, -0.1) is 0 Å². The Hall–Kier alpha value is -1.09. The van der Waals surface area contributed by atoms with Crippen molar-refractivity contribution in [1.82, 2.24) is 5.32 Å². The summed E-state index contributed by atoms with van der Waals surface area (Å²) < 4.78 is 0. The Morgan fingerprint density at radius 2 is 2.25 bits per heavy atom. The van der Waals surface area contributed by atoms with E-state index in [1.165, 1.54) is 11.3 Å². The maximum Gasteiger partial charge on any atom is 0.173 e. The van der Waals surface area contributed by atoms with Crippen LogP contribution in [0.4, 0.5) is 5.69 Å². The van der Waals surface area contributed by atoms with Crippen LogP contribution < -0.4 is 10.2 Å². The number of hydrogen-bond donors (Lipinski definition) is 1. The lowest BCUT2D eigenvalue weighted by molar-refractivity contribution is 0.749. The number of hydrogen-bond acceptors (Lipinski definition) is 1. The van der Waals surface area contributed by atoms with Gasteiger partial charge in [-0.1, -0.05) is 25.1 Å². The van der Waals surface area contributed by atoms with Crippen molar-refractivity contribution in [3.05, 3.63) is 29.8 Å². The van der Waals surface area contributed by atoms with E-state index in [0.717, 1.165) is 24.5 Å². The molecule has 0 saturated heterocycles. The molecule has 0 saturated carbocycles. The average molecular weight is 234 g/mol. The summed E-state index contributed by atoms with van der Waals surface area (Å²) in [5.41, 5.74) is 2.67. The molecule has 1 aliphatic heterocycles. The first kappa shape index (κ1) is 11.4. The third-order valence-electron chi connectivity index (χ3n) is 2.95. The number of fused-ring (bicyclic) bond motifs is 1. The Labute approximate surface area is 103 Å². The van der Waals surface area contributed by atoms with Crippen LogP contribution in [0, 0.1) is 0 Å². The number of benzene rings is 1. The Morgan fingerprint density at radius 3 is 3.00 bits per heavy atom. The molecule has 1 aliphatic rings.